The molecule has 1 aliphatic rings. The minimum absolute atomic E-state index is 0.0907. The normalized spacial score (nSPS) is 14.4. The van der Waals surface area contributed by atoms with Crippen LogP contribution in [0.25, 0.3) is 22.2 Å². The molecular weight excluding hydrogens is 302 g/mol. The van der Waals surface area contributed by atoms with Gasteiger partial charge in [-0.25, -0.2) is 0 Å². The molecule has 0 saturated heterocycles. The third-order valence-corrected chi connectivity index (χ3v) is 4.75. The number of Topliss-reactive ketones (excluding diaryl/α,β-unsaturated/α-hetero) is 2. The van der Waals surface area contributed by atoms with Gasteiger partial charge < -0.3 is 9.67 Å². The highest BCUT2D eigenvalue weighted by molar-refractivity contribution is 6.62. The summed E-state index contributed by atoms with van der Waals surface area (Å²) in [7, 11) is 1.90. The van der Waals surface area contributed by atoms with E-state index in [1.54, 1.807) is 24.3 Å². The van der Waals surface area contributed by atoms with Gasteiger partial charge in [-0.05, 0) is 13.0 Å². The molecule has 4 nitrogen and oxygen atoms in total. The molecule has 1 aliphatic carbocycles. The van der Waals surface area contributed by atoms with E-state index in [-0.39, 0.29) is 16.9 Å². The predicted molar refractivity (Wildman–Crippen MR) is 92.9 cm³/mol. The summed E-state index contributed by atoms with van der Waals surface area (Å²) in [5.41, 5.74) is 3.15. The molecule has 1 aromatic heterocycles. The Balaban J connectivity index is 2.13. The average molecular weight is 317 g/mol. The summed E-state index contributed by atoms with van der Waals surface area (Å²) in [6.07, 6.45) is 0. The van der Waals surface area contributed by atoms with Crippen molar-refractivity contribution < 1.29 is 14.7 Å². The van der Waals surface area contributed by atoms with Gasteiger partial charge in [0, 0.05) is 40.3 Å². The minimum atomic E-state index is -0.661. The number of ketones is 2. The summed E-state index contributed by atoms with van der Waals surface area (Å²) in [6.45, 7) is 1.88. The lowest BCUT2D eigenvalue weighted by molar-refractivity contribution is -0.110. The van der Waals surface area contributed by atoms with Crippen molar-refractivity contribution in [2.24, 2.45) is 7.05 Å². The van der Waals surface area contributed by atoms with Crippen molar-refractivity contribution in [1.82, 2.24) is 4.57 Å². The van der Waals surface area contributed by atoms with Crippen molar-refractivity contribution in [1.29, 1.82) is 0 Å². The summed E-state index contributed by atoms with van der Waals surface area (Å²) in [6, 6.07) is 14.3. The standard InChI is InChI=1S/C20H15NO3/c1-11-16(14-9-5-6-10-15(14)21(11)2)17-18(22)12-7-3-4-8-13(12)19(23)20(17)24/h3-10,22H,1-2H3. The van der Waals surface area contributed by atoms with E-state index < -0.39 is 11.6 Å². The zero-order valence-electron chi connectivity index (χ0n) is 13.3. The van der Waals surface area contributed by atoms with Crippen molar-refractivity contribution in [3.8, 4) is 0 Å². The summed E-state index contributed by atoms with van der Waals surface area (Å²) < 4.78 is 1.96. The van der Waals surface area contributed by atoms with Gasteiger partial charge in [-0.15, -0.1) is 0 Å². The first-order valence-corrected chi connectivity index (χ1v) is 7.68. The Morgan fingerprint density at radius 2 is 1.50 bits per heavy atom. The second-order valence-electron chi connectivity index (χ2n) is 5.96. The number of carbonyl (C=O) groups excluding carboxylic acids is 2. The molecule has 0 spiro atoms. The number of nitrogens with zero attached hydrogens (tertiary/aromatic N) is 1. The van der Waals surface area contributed by atoms with E-state index >= 15 is 0 Å². The van der Waals surface area contributed by atoms with Gasteiger partial charge in [-0.2, -0.15) is 0 Å². The first-order chi connectivity index (χ1) is 11.5. The minimum Gasteiger partial charge on any atom is -0.506 e. The van der Waals surface area contributed by atoms with Crippen molar-refractivity contribution >= 4 is 33.8 Å². The van der Waals surface area contributed by atoms with Gasteiger partial charge in [0.25, 0.3) is 0 Å². The number of aliphatic hydroxyl groups excluding tert-OH is 1. The maximum Gasteiger partial charge on any atom is 0.237 e. The fraction of sp³-hybridized carbons (Fsp3) is 0.100. The summed E-state index contributed by atoms with van der Waals surface area (Å²) in [5, 5.41) is 11.6. The number of aryl methyl sites for hydroxylation is 1. The summed E-state index contributed by atoms with van der Waals surface area (Å²) >= 11 is 0. The third kappa shape index (κ3) is 1.74. The number of hydrogen-bond donors (Lipinski definition) is 1. The van der Waals surface area contributed by atoms with E-state index in [4.69, 9.17) is 0 Å². The molecule has 0 bridgehead atoms. The average Bonchev–Trinajstić information content (AvgIpc) is 2.86. The lowest BCUT2D eigenvalue weighted by Gasteiger charge is -2.18. The second-order valence-corrected chi connectivity index (χ2v) is 5.96. The molecule has 1 N–H and O–H groups in total. The number of benzene rings is 2. The van der Waals surface area contributed by atoms with Gasteiger partial charge in [0.15, 0.2) is 0 Å². The molecule has 0 atom stereocenters. The van der Waals surface area contributed by atoms with Crippen LogP contribution in [0.3, 0.4) is 0 Å². The molecule has 3 aromatic rings. The quantitative estimate of drug-likeness (QED) is 0.697. The number of aromatic nitrogens is 1. The molecule has 24 heavy (non-hydrogen) atoms. The van der Waals surface area contributed by atoms with Crippen molar-refractivity contribution in [3.05, 3.63) is 70.9 Å². The first-order valence-electron chi connectivity index (χ1n) is 7.68. The summed E-state index contributed by atoms with van der Waals surface area (Å²) in [4.78, 5) is 25.2. The lowest BCUT2D eigenvalue weighted by Crippen LogP contribution is -2.23. The van der Waals surface area contributed by atoms with E-state index in [1.807, 2.05) is 42.8 Å². The largest absolute Gasteiger partial charge is 0.506 e. The number of hydrogen-bond acceptors (Lipinski definition) is 3. The maximum absolute atomic E-state index is 12.7. The van der Waals surface area contributed by atoms with E-state index in [9.17, 15) is 14.7 Å². The van der Waals surface area contributed by atoms with Crippen LogP contribution < -0.4 is 0 Å². The van der Waals surface area contributed by atoms with Gasteiger partial charge in [0.05, 0.1) is 5.57 Å². The molecule has 0 aliphatic heterocycles. The van der Waals surface area contributed by atoms with Crippen LogP contribution in [-0.4, -0.2) is 21.2 Å². The molecule has 118 valence electrons. The van der Waals surface area contributed by atoms with E-state index in [2.05, 4.69) is 0 Å². The zero-order valence-corrected chi connectivity index (χ0v) is 13.3. The molecule has 4 rings (SSSR count). The van der Waals surface area contributed by atoms with Crippen molar-refractivity contribution in [3.63, 3.8) is 0 Å². The lowest BCUT2D eigenvalue weighted by atomic mass is 9.84. The van der Waals surface area contributed by atoms with Gasteiger partial charge >= 0.3 is 0 Å². The Morgan fingerprint density at radius 1 is 0.875 bits per heavy atom. The van der Waals surface area contributed by atoms with Gasteiger partial charge in [-0.1, -0.05) is 42.5 Å². The number of para-hydroxylation sites is 1. The predicted octanol–water partition coefficient (Wildman–Crippen LogP) is 3.68. The van der Waals surface area contributed by atoms with Gasteiger partial charge in [0.2, 0.25) is 11.6 Å². The highest BCUT2D eigenvalue weighted by Crippen LogP contribution is 2.38. The Hall–Kier alpha value is -3.14. The topological polar surface area (TPSA) is 59.3 Å². The first kappa shape index (κ1) is 14.5. The molecule has 4 heteroatoms. The van der Waals surface area contributed by atoms with Crippen LogP contribution in [0.15, 0.2) is 48.5 Å². The highest BCUT2D eigenvalue weighted by Gasteiger charge is 2.35. The fourth-order valence-corrected chi connectivity index (χ4v) is 3.43. The number of aliphatic hydroxyl groups is 1. The fourth-order valence-electron chi connectivity index (χ4n) is 3.43. The number of fused-ring (bicyclic) bond motifs is 2. The Kier molecular flexibility index (Phi) is 2.97. The number of rotatable bonds is 1. The van der Waals surface area contributed by atoms with Crippen molar-refractivity contribution in [2.45, 2.75) is 6.92 Å². The van der Waals surface area contributed by atoms with E-state index in [1.165, 1.54) is 0 Å². The molecular formula is C20H15NO3. The second kappa shape index (κ2) is 4.93. The van der Waals surface area contributed by atoms with Crippen LogP contribution >= 0.6 is 0 Å². The van der Waals surface area contributed by atoms with Gasteiger partial charge in [-0.3, -0.25) is 9.59 Å². The van der Waals surface area contributed by atoms with Crippen LogP contribution in [0.1, 0.15) is 27.2 Å². The summed E-state index contributed by atoms with van der Waals surface area (Å²) in [5.74, 6) is -1.37. The molecule has 0 fully saturated rings. The SMILES string of the molecule is Cc1c(C2=C(O)c3ccccc3C(=O)C2=O)c2ccccc2n1C. The van der Waals surface area contributed by atoms with Crippen molar-refractivity contribution in [2.75, 3.05) is 0 Å². The smallest absolute Gasteiger partial charge is 0.237 e. The molecule has 2 aromatic carbocycles. The zero-order chi connectivity index (χ0) is 17.0. The number of allylic oxidation sites excluding steroid dienone is 1. The van der Waals surface area contributed by atoms with Crippen LogP contribution in [0, 0.1) is 6.92 Å². The van der Waals surface area contributed by atoms with Crippen LogP contribution in [0.4, 0.5) is 0 Å². The highest BCUT2D eigenvalue weighted by atomic mass is 16.3. The van der Waals surface area contributed by atoms with E-state index in [0.717, 1.165) is 16.6 Å². The van der Waals surface area contributed by atoms with Crippen LogP contribution in [0.2, 0.25) is 0 Å². The maximum atomic E-state index is 12.7. The van der Waals surface area contributed by atoms with Gasteiger partial charge in [0.1, 0.15) is 5.76 Å². The van der Waals surface area contributed by atoms with E-state index in [0.29, 0.717) is 11.1 Å². The third-order valence-electron chi connectivity index (χ3n) is 4.75. The molecule has 0 unspecified atom stereocenters. The van der Waals surface area contributed by atoms with Crippen LogP contribution in [-0.2, 0) is 11.8 Å². The number of carbonyl (C=O) groups is 2. The Morgan fingerprint density at radius 3 is 2.25 bits per heavy atom. The Bertz CT molecular complexity index is 1070. The molecule has 0 amide bonds. The monoisotopic (exact) mass is 317 g/mol. The molecule has 0 saturated carbocycles. The molecule has 0 radical (unpaired) electrons. The Labute approximate surface area is 138 Å². The molecule has 1 heterocycles. The van der Waals surface area contributed by atoms with Crippen LogP contribution in [0.5, 0.6) is 0 Å².